The zero-order chi connectivity index (χ0) is 15.8. The van der Waals surface area contributed by atoms with Crippen LogP contribution in [-0.2, 0) is 4.79 Å². The molecule has 0 unspecified atom stereocenters. The van der Waals surface area contributed by atoms with Gasteiger partial charge in [-0.3, -0.25) is 4.79 Å². The Kier molecular flexibility index (Phi) is 6.46. The number of benzene rings is 1. The summed E-state index contributed by atoms with van der Waals surface area (Å²) in [5.41, 5.74) is 0.830. The highest BCUT2D eigenvalue weighted by Crippen LogP contribution is 2.15. The largest absolute Gasteiger partial charge is 0.465 e. The Balaban J connectivity index is 2.79. The van der Waals surface area contributed by atoms with Crippen LogP contribution in [0.3, 0.4) is 0 Å². The summed E-state index contributed by atoms with van der Waals surface area (Å²) < 4.78 is 0. The molecule has 5 heteroatoms. The van der Waals surface area contributed by atoms with Crippen molar-refractivity contribution < 1.29 is 14.7 Å². The first-order valence-corrected chi connectivity index (χ1v) is 6.86. The number of likely N-dealkylation sites (N-methyl/N-ethyl adjacent to an activating group) is 1. The maximum absolute atomic E-state index is 12.2. The SMILES string of the molecule is C=CC[C@@H](C)C(=O)N(C)C[C@H](NC(=O)O)c1ccccc1. The number of nitrogens with one attached hydrogen (secondary N) is 1. The van der Waals surface area contributed by atoms with Gasteiger partial charge < -0.3 is 15.3 Å². The van der Waals surface area contributed by atoms with Crippen LogP contribution in [0.15, 0.2) is 43.0 Å². The van der Waals surface area contributed by atoms with Crippen LogP contribution in [0, 0.1) is 5.92 Å². The fourth-order valence-corrected chi connectivity index (χ4v) is 2.16. The van der Waals surface area contributed by atoms with Crippen molar-refractivity contribution in [3.8, 4) is 0 Å². The molecule has 2 amide bonds. The van der Waals surface area contributed by atoms with Crippen LogP contribution in [0.1, 0.15) is 24.9 Å². The lowest BCUT2D eigenvalue weighted by Gasteiger charge is -2.26. The van der Waals surface area contributed by atoms with Crippen molar-refractivity contribution >= 4 is 12.0 Å². The Hall–Kier alpha value is -2.30. The Morgan fingerprint density at radius 1 is 1.38 bits per heavy atom. The number of nitrogens with zero attached hydrogens (tertiary/aromatic N) is 1. The smallest absolute Gasteiger partial charge is 0.405 e. The summed E-state index contributed by atoms with van der Waals surface area (Å²) >= 11 is 0. The van der Waals surface area contributed by atoms with Gasteiger partial charge in [0.2, 0.25) is 5.91 Å². The molecule has 0 saturated heterocycles. The number of allylic oxidation sites excluding steroid dienone is 1. The van der Waals surface area contributed by atoms with E-state index in [4.69, 9.17) is 5.11 Å². The van der Waals surface area contributed by atoms with Crippen LogP contribution in [0.25, 0.3) is 0 Å². The second-order valence-corrected chi connectivity index (χ2v) is 5.06. The van der Waals surface area contributed by atoms with Gasteiger partial charge in [-0.1, -0.05) is 43.3 Å². The van der Waals surface area contributed by atoms with Gasteiger partial charge in [0.1, 0.15) is 0 Å². The molecule has 0 saturated carbocycles. The number of amides is 2. The highest BCUT2D eigenvalue weighted by atomic mass is 16.4. The van der Waals surface area contributed by atoms with E-state index in [2.05, 4.69) is 11.9 Å². The summed E-state index contributed by atoms with van der Waals surface area (Å²) in [7, 11) is 1.68. The van der Waals surface area contributed by atoms with Gasteiger partial charge in [0.25, 0.3) is 0 Å². The van der Waals surface area contributed by atoms with Gasteiger partial charge in [0, 0.05) is 19.5 Å². The topological polar surface area (TPSA) is 69.6 Å². The molecule has 0 radical (unpaired) electrons. The lowest BCUT2D eigenvalue weighted by Crippen LogP contribution is -2.40. The standard InChI is InChI=1S/C16H22N2O3/c1-4-8-12(2)15(19)18(3)11-14(17-16(20)21)13-9-6-5-7-10-13/h4-7,9-10,12,14,17H,1,8,11H2,2-3H3,(H,20,21)/t12-,14+/m1/s1. The summed E-state index contributed by atoms with van der Waals surface area (Å²) in [6.07, 6.45) is 1.20. The monoisotopic (exact) mass is 290 g/mol. The molecule has 114 valence electrons. The van der Waals surface area contributed by atoms with E-state index < -0.39 is 12.1 Å². The van der Waals surface area contributed by atoms with E-state index in [9.17, 15) is 9.59 Å². The quantitative estimate of drug-likeness (QED) is 0.758. The molecule has 0 fully saturated rings. The Bertz CT molecular complexity index is 488. The van der Waals surface area contributed by atoms with Crippen molar-refractivity contribution in [3.05, 3.63) is 48.6 Å². The van der Waals surface area contributed by atoms with E-state index in [1.807, 2.05) is 37.3 Å². The van der Waals surface area contributed by atoms with E-state index >= 15 is 0 Å². The fourth-order valence-electron chi connectivity index (χ4n) is 2.16. The van der Waals surface area contributed by atoms with Crippen LogP contribution < -0.4 is 5.32 Å². The van der Waals surface area contributed by atoms with Crippen molar-refractivity contribution in [1.82, 2.24) is 10.2 Å². The summed E-state index contributed by atoms with van der Waals surface area (Å²) in [6.45, 7) is 5.75. The number of carbonyl (C=O) groups is 2. The highest BCUT2D eigenvalue weighted by molar-refractivity contribution is 5.78. The first-order valence-electron chi connectivity index (χ1n) is 6.86. The molecule has 0 aliphatic rings. The first-order chi connectivity index (χ1) is 9.95. The van der Waals surface area contributed by atoms with Gasteiger partial charge in [0.05, 0.1) is 6.04 Å². The minimum atomic E-state index is -1.11. The molecular formula is C16H22N2O3. The van der Waals surface area contributed by atoms with Crippen molar-refractivity contribution in [2.24, 2.45) is 5.92 Å². The Labute approximate surface area is 125 Å². The lowest BCUT2D eigenvalue weighted by molar-refractivity contribution is -0.133. The average Bonchev–Trinajstić information content (AvgIpc) is 2.46. The normalized spacial score (nSPS) is 13.0. The third-order valence-electron chi connectivity index (χ3n) is 3.27. The maximum Gasteiger partial charge on any atom is 0.405 e. The van der Waals surface area contributed by atoms with Crippen molar-refractivity contribution in [2.45, 2.75) is 19.4 Å². The Morgan fingerprint density at radius 3 is 2.52 bits per heavy atom. The number of carboxylic acid groups (broad SMARTS) is 1. The van der Waals surface area contributed by atoms with E-state index in [0.717, 1.165) is 5.56 Å². The highest BCUT2D eigenvalue weighted by Gasteiger charge is 2.21. The molecule has 0 bridgehead atoms. The van der Waals surface area contributed by atoms with Gasteiger partial charge in [-0.2, -0.15) is 0 Å². The van der Waals surface area contributed by atoms with Crippen molar-refractivity contribution in [2.75, 3.05) is 13.6 Å². The first kappa shape index (κ1) is 16.8. The average molecular weight is 290 g/mol. The molecule has 0 spiro atoms. The van der Waals surface area contributed by atoms with Crippen LogP contribution in [0.5, 0.6) is 0 Å². The zero-order valence-electron chi connectivity index (χ0n) is 12.5. The predicted octanol–water partition coefficient (Wildman–Crippen LogP) is 2.67. The summed E-state index contributed by atoms with van der Waals surface area (Å²) in [5, 5.41) is 11.4. The second kappa shape index (κ2) is 8.09. The van der Waals surface area contributed by atoms with Crippen LogP contribution in [0.2, 0.25) is 0 Å². The van der Waals surface area contributed by atoms with Crippen molar-refractivity contribution in [3.63, 3.8) is 0 Å². The molecule has 21 heavy (non-hydrogen) atoms. The lowest BCUT2D eigenvalue weighted by atomic mass is 10.0. The van der Waals surface area contributed by atoms with Gasteiger partial charge in [0.15, 0.2) is 0 Å². The molecule has 0 aliphatic heterocycles. The summed E-state index contributed by atoms with van der Waals surface area (Å²) in [4.78, 5) is 24.7. The molecule has 1 aromatic rings. The van der Waals surface area contributed by atoms with Gasteiger partial charge in [-0.15, -0.1) is 6.58 Å². The fraction of sp³-hybridized carbons (Fsp3) is 0.375. The summed E-state index contributed by atoms with van der Waals surface area (Å²) in [6, 6.07) is 8.77. The molecule has 2 atom stereocenters. The summed E-state index contributed by atoms with van der Waals surface area (Å²) in [5.74, 6) is -0.184. The van der Waals surface area contributed by atoms with Crippen LogP contribution >= 0.6 is 0 Å². The number of carbonyl (C=O) groups excluding carboxylic acids is 1. The van der Waals surface area contributed by atoms with E-state index in [1.54, 1.807) is 18.0 Å². The molecule has 5 nitrogen and oxygen atoms in total. The van der Waals surface area contributed by atoms with Gasteiger partial charge in [-0.05, 0) is 12.0 Å². The third-order valence-corrected chi connectivity index (χ3v) is 3.27. The third kappa shape index (κ3) is 5.30. The molecule has 2 N–H and O–H groups in total. The molecule has 1 aromatic carbocycles. The van der Waals surface area contributed by atoms with E-state index in [-0.39, 0.29) is 18.4 Å². The van der Waals surface area contributed by atoms with E-state index in [1.165, 1.54) is 0 Å². The molecule has 0 aromatic heterocycles. The van der Waals surface area contributed by atoms with Crippen molar-refractivity contribution in [1.29, 1.82) is 0 Å². The zero-order valence-corrected chi connectivity index (χ0v) is 12.5. The van der Waals surface area contributed by atoms with E-state index in [0.29, 0.717) is 6.42 Å². The molecule has 1 rings (SSSR count). The second-order valence-electron chi connectivity index (χ2n) is 5.06. The van der Waals surface area contributed by atoms with Crippen LogP contribution in [0.4, 0.5) is 4.79 Å². The number of hydrogen-bond acceptors (Lipinski definition) is 2. The molecule has 0 aliphatic carbocycles. The van der Waals surface area contributed by atoms with Gasteiger partial charge in [-0.25, -0.2) is 4.79 Å². The predicted molar refractivity (Wildman–Crippen MR) is 82.0 cm³/mol. The Morgan fingerprint density at radius 2 is 2.00 bits per heavy atom. The minimum Gasteiger partial charge on any atom is -0.465 e. The number of hydrogen-bond donors (Lipinski definition) is 2. The molecular weight excluding hydrogens is 268 g/mol. The minimum absolute atomic E-state index is 0.0250. The number of rotatable bonds is 7. The van der Waals surface area contributed by atoms with Gasteiger partial charge >= 0.3 is 6.09 Å². The maximum atomic E-state index is 12.2. The molecule has 0 heterocycles. The van der Waals surface area contributed by atoms with Crippen LogP contribution in [-0.4, -0.2) is 35.6 Å².